The SMILES string of the molecule is C[C@@H](NS(C)(=O)=O)C(=O)N1CCN(S(=O)(=O)c2cccc3nsnc23)CC1. The molecule has 0 saturated carbocycles. The van der Waals surface area contributed by atoms with Crippen molar-refractivity contribution in [2.75, 3.05) is 32.4 Å². The molecule has 1 fully saturated rings. The third kappa shape index (κ3) is 4.27. The predicted molar refractivity (Wildman–Crippen MR) is 100 cm³/mol. The molecule has 0 bridgehead atoms. The van der Waals surface area contributed by atoms with Crippen molar-refractivity contribution in [2.24, 2.45) is 0 Å². The minimum absolute atomic E-state index is 0.0978. The highest BCUT2D eigenvalue weighted by molar-refractivity contribution is 7.89. The van der Waals surface area contributed by atoms with Gasteiger partial charge in [0.1, 0.15) is 15.9 Å². The fourth-order valence-corrected chi connectivity index (χ4v) is 5.84. The summed E-state index contributed by atoms with van der Waals surface area (Å²) in [5.41, 5.74) is 0.863. The first-order valence-corrected chi connectivity index (χ1v) is 12.1. The largest absolute Gasteiger partial charge is 0.339 e. The van der Waals surface area contributed by atoms with E-state index in [4.69, 9.17) is 0 Å². The number of carbonyl (C=O) groups excluding carboxylic acids is 1. The van der Waals surface area contributed by atoms with Gasteiger partial charge in [-0.25, -0.2) is 21.6 Å². The number of piperazine rings is 1. The number of sulfonamides is 2. The standard InChI is InChI=1S/C14H19N5O5S3/c1-10(17-26(2,21)22)14(20)18-6-8-19(9-7-18)27(23,24)12-5-3-4-11-13(12)16-25-15-11/h3-5,10,17H,6-9H2,1-2H3/t10-/m1/s1. The number of aromatic nitrogens is 2. The molecule has 13 heteroatoms. The zero-order valence-corrected chi connectivity index (χ0v) is 17.1. The van der Waals surface area contributed by atoms with E-state index < -0.39 is 26.1 Å². The number of hydrogen-bond donors (Lipinski definition) is 1. The number of nitrogens with zero attached hydrogens (tertiary/aromatic N) is 4. The van der Waals surface area contributed by atoms with Gasteiger partial charge in [-0.2, -0.15) is 13.1 Å². The first-order chi connectivity index (χ1) is 12.6. The summed E-state index contributed by atoms with van der Waals surface area (Å²) >= 11 is 0.950. The Hall–Kier alpha value is -1.67. The van der Waals surface area contributed by atoms with E-state index in [-0.39, 0.29) is 37.0 Å². The minimum atomic E-state index is -3.77. The number of nitrogens with one attached hydrogen (secondary N) is 1. The van der Waals surface area contributed by atoms with Crippen molar-refractivity contribution in [3.63, 3.8) is 0 Å². The van der Waals surface area contributed by atoms with Crippen molar-refractivity contribution in [2.45, 2.75) is 17.9 Å². The quantitative estimate of drug-likeness (QED) is 0.670. The summed E-state index contributed by atoms with van der Waals surface area (Å²) in [7, 11) is -7.28. The van der Waals surface area contributed by atoms with Crippen molar-refractivity contribution >= 4 is 48.7 Å². The van der Waals surface area contributed by atoms with Gasteiger partial charge in [0.2, 0.25) is 26.0 Å². The number of benzene rings is 1. The maximum Gasteiger partial charge on any atom is 0.245 e. The van der Waals surface area contributed by atoms with Gasteiger partial charge in [0, 0.05) is 26.2 Å². The summed E-state index contributed by atoms with van der Waals surface area (Å²) in [6, 6.07) is 3.91. The Kier molecular flexibility index (Phi) is 5.49. The summed E-state index contributed by atoms with van der Waals surface area (Å²) in [6.45, 7) is 2.06. The van der Waals surface area contributed by atoms with Crippen LogP contribution in [-0.2, 0) is 24.8 Å². The lowest BCUT2D eigenvalue weighted by Crippen LogP contribution is -2.54. The van der Waals surface area contributed by atoms with Gasteiger partial charge >= 0.3 is 0 Å². The van der Waals surface area contributed by atoms with Crippen molar-refractivity contribution < 1.29 is 21.6 Å². The van der Waals surface area contributed by atoms with Gasteiger partial charge in [0.15, 0.2) is 0 Å². The molecule has 1 aromatic carbocycles. The average molecular weight is 434 g/mol. The lowest BCUT2D eigenvalue weighted by Gasteiger charge is -2.35. The molecule has 2 heterocycles. The van der Waals surface area contributed by atoms with Crippen LogP contribution in [0.4, 0.5) is 0 Å². The molecular weight excluding hydrogens is 414 g/mol. The Morgan fingerprint density at radius 2 is 1.81 bits per heavy atom. The van der Waals surface area contributed by atoms with E-state index in [1.54, 1.807) is 12.1 Å². The van der Waals surface area contributed by atoms with Gasteiger partial charge in [0.05, 0.1) is 24.0 Å². The van der Waals surface area contributed by atoms with Crippen LogP contribution in [-0.4, -0.2) is 79.2 Å². The summed E-state index contributed by atoms with van der Waals surface area (Å²) in [5, 5.41) is 0. The number of rotatable bonds is 5. The molecule has 2 aromatic rings. The predicted octanol–water partition coefficient (Wildman–Crippen LogP) is -0.538. The highest BCUT2D eigenvalue weighted by Gasteiger charge is 2.33. The number of carbonyl (C=O) groups is 1. The molecule has 1 aliphatic rings. The van der Waals surface area contributed by atoms with E-state index in [9.17, 15) is 21.6 Å². The molecule has 10 nitrogen and oxygen atoms in total. The summed E-state index contributed by atoms with van der Waals surface area (Å²) in [5.74, 6) is -0.386. The second kappa shape index (κ2) is 7.39. The number of hydrogen-bond acceptors (Lipinski definition) is 8. The zero-order chi connectivity index (χ0) is 19.8. The van der Waals surface area contributed by atoms with E-state index in [1.807, 2.05) is 0 Å². The van der Waals surface area contributed by atoms with Crippen LogP contribution in [0.2, 0.25) is 0 Å². The van der Waals surface area contributed by atoms with Gasteiger partial charge in [-0.05, 0) is 19.1 Å². The van der Waals surface area contributed by atoms with Crippen molar-refractivity contribution in [3.05, 3.63) is 18.2 Å². The molecule has 3 rings (SSSR count). The number of fused-ring (bicyclic) bond motifs is 1. The molecule has 1 amide bonds. The molecule has 1 saturated heterocycles. The topological polar surface area (TPSA) is 130 Å². The van der Waals surface area contributed by atoms with E-state index in [0.717, 1.165) is 18.0 Å². The minimum Gasteiger partial charge on any atom is -0.339 e. The van der Waals surface area contributed by atoms with Crippen LogP contribution in [0.5, 0.6) is 0 Å². The molecule has 1 aromatic heterocycles. The third-order valence-corrected chi connectivity index (χ3v) is 7.43. The van der Waals surface area contributed by atoms with Crippen molar-refractivity contribution in [1.82, 2.24) is 22.7 Å². The van der Waals surface area contributed by atoms with Crippen LogP contribution in [0.3, 0.4) is 0 Å². The van der Waals surface area contributed by atoms with Gasteiger partial charge in [0.25, 0.3) is 0 Å². The zero-order valence-electron chi connectivity index (χ0n) is 14.7. The molecular formula is C14H19N5O5S3. The second-order valence-electron chi connectivity index (χ2n) is 6.23. The van der Waals surface area contributed by atoms with E-state index >= 15 is 0 Å². The molecule has 0 unspecified atom stereocenters. The Morgan fingerprint density at radius 1 is 1.15 bits per heavy atom. The molecule has 1 atom stereocenters. The maximum atomic E-state index is 13.0. The van der Waals surface area contributed by atoms with E-state index in [2.05, 4.69) is 13.5 Å². The fraction of sp³-hybridized carbons (Fsp3) is 0.500. The maximum absolute atomic E-state index is 13.0. The van der Waals surface area contributed by atoms with Gasteiger partial charge in [-0.15, -0.1) is 0 Å². The molecule has 27 heavy (non-hydrogen) atoms. The van der Waals surface area contributed by atoms with Gasteiger partial charge in [-0.1, -0.05) is 6.07 Å². The summed E-state index contributed by atoms with van der Waals surface area (Å²) in [6.07, 6.45) is 0.981. The van der Waals surface area contributed by atoms with Crippen LogP contribution in [0, 0.1) is 0 Å². The van der Waals surface area contributed by atoms with Crippen LogP contribution in [0.15, 0.2) is 23.1 Å². The molecule has 0 radical (unpaired) electrons. The average Bonchev–Trinajstić information content (AvgIpc) is 3.08. The lowest BCUT2D eigenvalue weighted by atomic mass is 10.2. The monoisotopic (exact) mass is 433 g/mol. The number of amides is 1. The smallest absolute Gasteiger partial charge is 0.245 e. The molecule has 148 valence electrons. The third-order valence-electron chi connectivity index (χ3n) is 4.18. The Bertz CT molecular complexity index is 1060. The van der Waals surface area contributed by atoms with Crippen molar-refractivity contribution in [1.29, 1.82) is 0 Å². The highest BCUT2D eigenvalue weighted by Crippen LogP contribution is 2.25. The van der Waals surface area contributed by atoms with Crippen LogP contribution < -0.4 is 4.72 Å². The molecule has 0 spiro atoms. The van der Waals surface area contributed by atoms with E-state index in [0.29, 0.717) is 11.0 Å². The summed E-state index contributed by atoms with van der Waals surface area (Å²) < 4.78 is 60.2. The van der Waals surface area contributed by atoms with Crippen molar-refractivity contribution in [3.8, 4) is 0 Å². The van der Waals surface area contributed by atoms with E-state index in [1.165, 1.54) is 22.2 Å². The molecule has 1 aliphatic heterocycles. The fourth-order valence-electron chi connectivity index (χ4n) is 2.92. The second-order valence-corrected chi connectivity index (χ2v) is 10.4. The Balaban J connectivity index is 1.72. The first kappa shape index (κ1) is 20.1. The van der Waals surface area contributed by atoms with Gasteiger partial charge < -0.3 is 4.90 Å². The lowest BCUT2D eigenvalue weighted by molar-refractivity contribution is -0.133. The Labute approximate surface area is 161 Å². The van der Waals surface area contributed by atoms with Crippen LogP contribution in [0.1, 0.15) is 6.92 Å². The molecule has 0 aliphatic carbocycles. The van der Waals surface area contributed by atoms with Crippen LogP contribution in [0.25, 0.3) is 11.0 Å². The molecule has 1 N–H and O–H groups in total. The highest BCUT2D eigenvalue weighted by atomic mass is 32.2. The normalized spacial score (nSPS) is 17.9. The van der Waals surface area contributed by atoms with Gasteiger partial charge in [-0.3, -0.25) is 4.79 Å². The summed E-state index contributed by atoms with van der Waals surface area (Å²) in [4.78, 5) is 13.9. The first-order valence-electron chi connectivity index (χ1n) is 8.07. The van der Waals surface area contributed by atoms with Crippen LogP contribution >= 0.6 is 11.7 Å². The Morgan fingerprint density at radius 3 is 2.44 bits per heavy atom.